The van der Waals surface area contributed by atoms with Crippen LogP contribution in [0.25, 0.3) is 0 Å². The van der Waals surface area contributed by atoms with E-state index in [-0.39, 0.29) is 11.8 Å². The van der Waals surface area contributed by atoms with Gasteiger partial charge in [0.05, 0.1) is 16.4 Å². The number of rotatable bonds is 7. The maximum Gasteiger partial charge on any atom is 0.264 e. The van der Waals surface area contributed by atoms with Crippen molar-refractivity contribution in [2.45, 2.75) is 26.7 Å². The SMILES string of the molecule is CCN(CC)C(=O)c1sc(NC(=O)C(c2ccccc2)c2ccccc2)c(C#N)c1C. The van der Waals surface area contributed by atoms with Crippen LogP contribution in [0.1, 0.15) is 51.7 Å². The number of nitrogens with one attached hydrogen (secondary N) is 1. The van der Waals surface area contributed by atoms with Crippen LogP contribution in [0.3, 0.4) is 0 Å². The van der Waals surface area contributed by atoms with Crippen LogP contribution in [-0.4, -0.2) is 29.8 Å². The molecule has 0 spiro atoms. The molecule has 2 aromatic carbocycles. The fourth-order valence-electron chi connectivity index (χ4n) is 3.56. The standard InChI is InChI=1S/C25H25N3O2S/c1-4-28(5-2)25(30)22-17(3)20(16-26)24(31-22)27-23(29)21(18-12-8-6-9-13-18)19-14-10-7-11-15-19/h6-15,21H,4-5H2,1-3H3,(H,27,29). The summed E-state index contributed by atoms with van der Waals surface area (Å²) in [5.41, 5.74) is 2.67. The first-order chi connectivity index (χ1) is 15.0. The Morgan fingerprint density at radius 3 is 1.97 bits per heavy atom. The highest BCUT2D eigenvalue weighted by Crippen LogP contribution is 2.35. The van der Waals surface area contributed by atoms with Crippen LogP contribution in [0, 0.1) is 18.3 Å². The van der Waals surface area contributed by atoms with E-state index in [1.54, 1.807) is 11.8 Å². The van der Waals surface area contributed by atoms with E-state index >= 15 is 0 Å². The van der Waals surface area contributed by atoms with Crippen molar-refractivity contribution in [2.24, 2.45) is 0 Å². The lowest BCUT2D eigenvalue weighted by Crippen LogP contribution is -2.30. The minimum Gasteiger partial charge on any atom is -0.338 e. The van der Waals surface area contributed by atoms with Crippen molar-refractivity contribution in [2.75, 3.05) is 18.4 Å². The summed E-state index contributed by atoms with van der Waals surface area (Å²) in [6, 6.07) is 21.2. The van der Waals surface area contributed by atoms with Crippen molar-refractivity contribution in [1.82, 2.24) is 4.90 Å². The van der Waals surface area contributed by atoms with Crippen molar-refractivity contribution in [3.63, 3.8) is 0 Å². The van der Waals surface area contributed by atoms with Gasteiger partial charge < -0.3 is 10.2 Å². The lowest BCUT2D eigenvalue weighted by atomic mass is 9.90. The van der Waals surface area contributed by atoms with E-state index in [4.69, 9.17) is 0 Å². The third kappa shape index (κ3) is 4.68. The Bertz CT molecular complexity index is 1060. The van der Waals surface area contributed by atoms with Crippen molar-refractivity contribution in [3.8, 4) is 6.07 Å². The van der Waals surface area contributed by atoms with E-state index in [0.717, 1.165) is 11.1 Å². The Hall–Kier alpha value is -3.43. The predicted octanol–water partition coefficient (Wildman–Crippen LogP) is 5.18. The van der Waals surface area contributed by atoms with Crippen molar-refractivity contribution >= 4 is 28.2 Å². The van der Waals surface area contributed by atoms with Crippen molar-refractivity contribution in [3.05, 3.63) is 87.8 Å². The lowest BCUT2D eigenvalue weighted by molar-refractivity contribution is -0.116. The maximum absolute atomic E-state index is 13.4. The number of carbonyl (C=O) groups excluding carboxylic acids is 2. The van der Waals surface area contributed by atoms with E-state index in [0.29, 0.717) is 34.1 Å². The van der Waals surface area contributed by atoms with Gasteiger partial charge in [0.1, 0.15) is 11.1 Å². The highest BCUT2D eigenvalue weighted by molar-refractivity contribution is 7.18. The van der Waals surface area contributed by atoms with E-state index in [9.17, 15) is 14.9 Å². The fourth-order valence-corrected chi connectivity index (χ4v) is 4.69. The molecule has 158 valence electrons. The molecule has 0 saturated heterocycles. The first-order valence-electron chi connectivity index (χ1n) is 10.2. The normalized spacial score (nSPS) is 10.5. The zero-order valence-corrected chi connectivity index (χ0v) is 18.7. The highest BCUT2D eigenvalue weighted by atomic mass is 32.1. The van der Waals surface area contributed by atoms with Crippen molar-refractivity contribution < 1.29 is 9.59 Å². The number of nitriles is 1. The quantitative estimate of drug-likeness (QED) is 0.560. The summed E-state index contributed by atoms with van der Waals surface area (Å²) < 4.78 is 0. The molecule has 0 bridgehead atoms. The third-order valence-electron chi connectivity index (χ3n) is 5.27. The van der Waals surface area contributed by atoms with Crippen LogP contribution in [0.15, 0.2) is 60.7 Å². The molecule has 2 amide bonds. The van der Waals surface area contributed by atoms with Gasteiger partial charge in [-0.2, -0.15) is 5.26 Å². The fraction of sp³-hybridized carbons (Fsp3) is 0.240. The van der Waals surface area contributed by atoms with Gasteiger partial charge in [0.15, 0.2) is 0 Å². The van der Waals surface area contributed by atoms with Crippen LogP contribution in [0.5, 0.6) is 0 Å². The van der Waals surface area contributed by atoms with E-state index in [1.807, 2.05) is 74.5 Å². The summed E-state index contributed by atoms with van der Waals surface area (Å²) >= 11 is 1.17. The minimum atomic E-state index is -0.529. The number of carbonyl (C=O) groups is 2. The Morgan fingerprint density at radius 1 is 1.00 bits per heavy atom. The maximum atomic E-state index is 13.4. The molecule has 0 fully saturated rings. The number of amides is 2. The van der Waals surface area contributed by atoms with Gasteiger partial charge in [0.25, 0.3) is 5.91 Å². The topological polar surface area (TPSA) is 73.2 Å². The van der Waals surface area contributed by atoms with Gasteiger partial charge in [-0.15, -0.1) is 11.3 Å². The molecular weight excluding hydrogens is 406 g/mol. The second-order valence-corrected chi connectivity index (χ2v) is 8.11. The third-order valence-corrected chi connectivity index (χ3v) is 6.46. The lowest BCUT2D eigenvalue weighted by Gasteiger charge is -2.18. The molecule has 0 atom stereocenters. The largest absolute Gasteiger partial charge is 0.338 e. The Morgan fingerprint density at radius 2 is 1.52 bits per heavy atom. The number of benzene rings is 2. The molecule has 3 rings (SSSR count). The van der Waals surface area contributed by atoms with Crippen LogP contribution in [0.4, 0.5) is 5.00 Å². The van der Waals surface area contributed by atoms with E-state index in [1.165, 1.54) is 11.3 Å². The summed E-state index contributed by atoms with van der Waals surface area (Å²) in [7, 11) is 0. The summed E-state index contributed by atoms with van der Waals surface area (Å²) in [4.78, 5) is 28.5. The zero-order valence-electron chi connectivity index (χ0n) is 17.9. The molecule has 0 saturated carbocycles. The van der Waals surface area contributed by atoms with Gasteiger partial charge in [-0.3, -0.25) is 9.59 Å². The summed E-state index contributed by atoms with van der Waals surface area (Å²) in [6.07, 6.45) is 0. The zero-order chi connectivity index (χ0) is 22.4. The minimum absolute atomic E-state index is 0.118. The number of thiophene rings is 1. The van der Waals surface area contributed by atoms with Gasteiger partial charge in [-0.1, -0.05) is 60.7 Å². The van der Waals surface area contributed by atoms with E-state index in [2.05, 4.69) is 11.4 Å². The predicted molar refractivity (Wildman–Crippen MR) is 124 cm³/mol. The average Bonchev–Trinajstić information content (AvgIpc) is 3.11. The van der Waals surface area contributed by atoms with Crippen LogP contribution in [-0.2, 0) is 4.79 Å². The van der Waals surface area contributed by atoms with Crippen LogP contribution < -0.4 is 5.32 Å². The Balaban J connectivity index is 1.98. The smallest absolute Gasteiger partial charge is 0.264 e. The molecule has 0 aliphatic heterocycles. The number of hydrogen-bond donors (Lipinski definition) is 1. The van der Waals surface area contributed by atoms with Crippen molar-refractivity contribution in [1.29, 1.82) is 5.26 Å². The summed E-state index contributed by atoms with van der Waals surface area (Å²) in [6.45, 7) is 6.76. The Kier molecular flexibility index (Phi) is 7.22. The second kappa shape index (κ2) is 10.1. The molecule has 31 heavy (non-hydrogen) atoms. The van der Waals surface area contributed by atoms with Crippen LogP contribution in [0.2, 0.25) is 0 Å². The molecule has 0 radical (unpaired) electrons. The summed E-state index contributed by atoms with van der Waals surface area (Å²) in [5.74, 6) is -0.887. The van der Waals surface area contributed by atoms with Gasteiger partial charge in [0, 0.05) is 13.1 Å². The second-order valence-electron chi connectivity index (χ2n) is 7.09. The molecule has 1 aromatic heterocycles. The first kappa shape index (κ1) is 22.3. The van der Waals surface area contributed by atoms with Gasteiger partial charge in [-0.05, 0) is 37.5 Å². The first-order valence-corrected chi connectivity index (χ1v) is 11.1. The number of hydrogen-bond acceptors (Lipinski definition) is 4. The Labute approximate surface area is 186 Å². The molecule has 3 aromatic rings. The van der Waals surface area contributed by atoms with Gasteiger partial charge in [-0.25, -0.2) is 0 Å². The molecule has 0 aliphatic rings. The number of nitrogens with zero attached hydrogens (tertiary/aromatic N) is 2. The molecule has 0 aliphatic carbocycles. The van der Waals surface area contributed by atoms with Crippen LogP contribution >= 0.6 is 11.3 Å². The molecule has 6 heteroatoms. The molecule has 1 heterocycles. The molecule has 1 N–H and O–H groups in total. The highest BCUT2D eigenvalue weighted by Gasteiger charge is 2.27. The summed E-state index contributed by atoms with van der Waals surface area (Å²) in [5, 5.41) is 13.1. The molecule has 5 nitrogen and oxygen atoms in total. The van der Waals surface area contributed by atoms with Gasteiger partial charge >= 0.3 is 0 Å². The monoisotopic (exact) mass is 431 g/mol. The average molecular weight is 432 g/mol. The number of anilines is 1. The molecule has 0 unspecified atom stereocenters. The molecular formula is C25H25N3O2S. The van der Waals surface area contributed by atoms with E-state index < -0.39 is 5.92 Å². The van der Waals surface area contributed by atoms with Gasteiger partial charge in [0.2, 0.25) is 5.91 Å².